The molecule has 1 aromatic rings. The number of nitrogens with zero attached hydrogens (tertiary/aromatic N) is 3. The molecule has 1 N–H and O–H groups in total. The molecule has 0 spiro atoms. The summed E-state index contributed by atoms with van der Waals surface area (Å²) in [6, 6.07) is 0. The normalized spacial score (nSPS) is 23.1. The fraction of sp³-hybridized carbons (Fsp3) is 0.643. The molecule has 2 unspecified atom stereocenters. The molecular weight excluding hydrogens is 242 g/mol. The molecule has 0 radical (unpaired) electrons. The van der Waals surface area contributed by atoms with E-state index in [4.69, 9.17) is 0 Å². The average Bonchev–Trinajstić information content (AvgIpc) is 2.41. The van der Waals surface area contributed by atoms with Gasteiger partial charge in [-0.3, -0.25) is 9.78 Å². The molecule has 1 fully saturated rings. The zero-order valence-corrected chi connectivity index (χ0v) is 11.5. The molecule has 0 saturated heterocycles. The van der Waals surface area contributed by atoms with Crippen molar-refractivity contribution in [2.75, 3.05) is 13.6 Å². The van der Waals surface area contributed by atoms with Crippen LogP contribution in [0, 0.1) is 12.8 Å². The van der Waals surface area contributed by atoms with Crippen LogP contribution in [0.1, 0.15) is 41.9 Å². The van der Waals surface area contributed by atoms with E-state index in [1.807, 2.05) is 6.92 Å². The number of carbonyl (C=O) groups excluding carboxylic acids is 1. The second-order valence-electron chi connectivity index (χ2n) is 5.34. The van der Waals surface area contributed by atoms with Gasteiger partial charge < -0.3 is 10.0 Å². The third kappa shape index (κ3) is 3.50. The highest BCUT2D eigenvalue weighted by molar-refractivity contribution is 5.91. The van der Waals surface area contributed by atoms with Crippen molar-refractivity contribution in [2.24, 2.45) is 5.92 Å². The summed E-state index contributed by atoms with van der Waals surface area (Å²) in [7, 11) is 1.76. The predicted octanol–water partition coefficient (Wildman–Crippen LogP) is 1.41. The van der Waals surface area contributed by atoms with Gasteiger partial charge in [-0.05, 0) is 19.8 Å². The highest BCUT2D eigenvalue weighted by atomic mass is 16.3. The molecule has 2 rings (SSSR count). The number of amides is 1. The van der Waals surface area contributed by atoms with Crippen molar-refractivity contribution < 1.29 is 9.90 Å². The van der Waals surface area contributed by atoms with Crippen LogP contribution in [-0.4, -0.2) is 45.6 Å². The lowest BCUT2D eigenvalue weighted by Crippen LogP contribution is -2.38. The summed E-state index contributed by atoms with van der Waals surface area (Å²) in [5.74, 6) is 0.0476. The van der Waals surface area contributed by atoms with E-state index < -0.39 is 0 Å². The lowest BCUT2D eigenvalue weighted by molar-refractivity contribution is 0.0448. The van der Waals surface area contributed by atoms with Crippen LogP contribution >= 0.6 is 0 Å². The van der Waals surface area contributed by atoms with Crippen LogP contribution in [0.2, 0.25) is 0 Å². The molecule has 19 heavy (non-hydrogen) atoms. The maximum Gasteiger partial charge on any atom is 0.273 e. The Labute approximate surface area is 113 Å². The van der Waals surface area contributed by atoms with Crippen LogP contribution < -0.4 is 0 Å². The van der Waals surface area contributed by atoms with E-state index in [0.29, 0.717) is 12.2 Å². The molecular formula is C14H21N3O2. The second kappa shape index (κ2) is 6.10. The Morgan fingerprint density at radius 2 is 2.11 bits per heavy atom. The van der Waals surface area contributed by atoms with Gasteiger partial charge in [0.15, 0.2) is 0 Å². The van der Waals surface area contributed by atoms with Gasteiger partial charge in [-0.1, -0.05) is 12.8 Å². The molecule has 1 saturated carbocycles. The van der Waals surface area contributed by atoms with Crippen LogP contribution in [0.25, 0.3) is 0 Å². The Kier molecular flexibility index (Phi) is 4.47. The molecule has 1 aromatic heterocycles. The van der Waals surface area contributed by atoms with Crippen LogP contribution in [0.4, 0.5) is 0 Å². The molecule has 104 valence electrons. The lowest BCUT2D eigenvalue weighted by Gasteiger charge is -2.31. The van der Waals surface area contributed by atoms with E-state index in [1.54, 1.807) is 18.1 Å². The van der Waals surface area contributed by atoms with Gasteiger partial charge in [-0.2, -0.15) is 0 Å². The van der Waals surface area contributed by atoms with E-state index in [2.05, 4.69) is 9.97 Å². The summed E-state index contributed by atoms with van der Waals surface area (Å²) >= 11 is 0. The van der Waals surface area contributed by atoms with Gasteiger partial charge >= 0.3 is 0 Å². The number of rotatable bonds is 3. The number of aliphatic hydroxyl groups is 1. The van der Waals surface area contributed by atoms with Crippen molar-refractivity contribution >= 4 is 5.91 Å². The molecule has 1 amide bonds. The van der Waals surface area contributed by atoms with Gasteiger partial charge in [0.2, 0.25) is 0 Å². The Bertz CT molecular complexity index is 433. The first-order valence-corrected chi connectivity index (χ1v) is 6.80. The maximum atomic E-state index is 12.2. The molecule has 0 aliphatic heterocycles. The van der Waals surface area contributed by atoms with Gasteiger partial charge in [0.05, 0.1) is 18.0 Å². The molecule has 2 atom stereocenters. The molecule has 0 aromatic carbocycles. The topological polar surface area (TPSA) is 66.3 Å². The standard InChI is InChI=1S/C14H21N3O2/c1-10-7-16-12(8-15-10)14(19)17(2)9-11-5-3-4-6-13(11)18/h7-8,11,13,18H,3-6,9H2,1-2H3. The summed E-state index contributed by atoms with van der Waals surface area (Å²) in [6.45, 7) is 2.42. The van der Waals surface area contributed by atoms with Gasteiger partial charge in [0, 0.05) is 25.7 Å². The third-order valence-electron chi connectivity index (χ3n) is 3.72. The molecule has 0 bridgehead atoms. The van der Waals surface area contributed by atoms with Crippen LogP contribution in [0.5, 0.6) is 0 Å². The summed E-state index contributed by atoms with van der Waals surface area (Å²) < 4.78 is 0. The smallest absolute Gasteiger partial charge is 0.273 e. The van der Waals surface area contributed by atoms with Gasteiger partial charge in [0.25, 0.3) is 5.91 Å². The monoisotopic (exact) mass is 263 g/mol. The first-order chi connectivity index (χ1) is 9.08. The Hall–Kier alpha value is -1.49. The van der Waals surface area contributed by atoms with E-state index in [1.165, 1.54) is 6.20 Å². The minimum Gasteiger partial charge on any atom is -0.393 e. The number of aliphatic hydroxyl groups excluding tert-OH is 1. The van der Waals surface area contributed by atoms with Crippen molar-refractivity contribution in [1.29, 1.82) is 0 Å². The first-order valence-electron chi connectivity index (χ1n) is 6.80. The Morgan fingerprint density at radius 1 is 1.37 bits per heavy atom. The van der Waals surface area contributed by atoms with E-state index in [0.717, 1.165) is 31.4 Å². The number of hydrogen-bond donors (Lipinski definition) is 1. The predicted molar refractivity (Wildman–Crippen MR) is 71.7 cm³/mol. The van der Waals surface area contributed by atoms with Crippen molar-refractivity contribution in [2.45, 2.75) is 38.7 Å². The van der Waals surface area contributed by atoms with Crippen LogP contribution in [-0.2, 0) is 0 Å². The van der Waals surface area contributed by atoms with Gasteiger partial charge in [-0.15, -0.1) is 0 Å². The summed E-state index contributed by atoms with van der Waals surface area (Å²) in [6.07, 6.45) is 6.86. The SMILES string of the molecule is Cc1cnc(C(=O)N(C)CC2CCCCC2O)cn1. The van der Waals surface area contributed by atoms with Crippen molar-refractivity contribution in [3.8, 4) is 0 Å². The largest absolute Gasteiger partial charge is 0.393 e. The summed E-state index contributed by atoms with van der Waals surface area (Å²) in [5.41, 5.74) is 1.15. The van der Waals surface area contributed by atoms with Crippen molar-refractivity contribution in [3.63, 3.8) is 0 Å². The second-order valence-corrected chi connectivity index (χ2v) is 5.34. The van der Waals surface area contributed by atoms with Gasteiger partial charge in [-0.25, -0.2) is 4.98 Å². The Morgan fingerprint density at radius 3 is 2.74 bits per heavy atom. The molecule has 1 aliphatic rings. The number of hydrogen-bond acceptors (Lipinski definition) is 4. The fourth-order valence-corrected chi connectivity index (χ4v) is 2.53. The van der Waals surface area contributed by atoms with E-state index in [-0.39, 0.29) is 17.9 Å². The lowest BCUT2D eigenvalue weighted by atomic mass is 9.86. The molecule has 5 nitrogen and oxygen atoms in total. The Balaban J connectivity index is 1.97. The number of aryl methyl sites for hydroxylation is 1. The van der Waals surface area contributed by atoms with Crippen molar-refractivity contribution in [1.82, 2.24) is 14.9 Å². The number of carbonyl (C=O) groups is 1. The average molecular weight is 263 g/mol. The van der Waals surface area contributed by atoms with Gasteiger partial charge in [0.1, 0.15) is 5.69 Å². The van der Waals surface area contributed by atoms with E-state index in [9.17, 15) is 9.90 Å². The zero-order chi connectivity index (χ0) is 13.8. The quantitative estimate of drug-likeness (QED) is 0.895. The van der Waals surface area contributed by atoms with Crippen molar-refractivity contribution in [3.05, 3.63) is 23.8 Å². The van der Waals surface area contributed by atoms with Crippen LogP contribution in [0.15, 0.2) is 12.4 Å². The highest BCUT2D eigenvalue weighted by Gasteiger charge is 2.26. The van der Waals surface area contributed by atoms with E-state index >= 15 is 0 Å². The third-order valence-corrected chi connectivity index (χ3v) is 3.72. The molecule has 1 aliphatic carbocycles. The zero-order valence-electron chi connectivity index (χ0n) is 11.5. The first kappa shape index (κ1) is 13.9. The maximum absolute atomic E-state index is 12.2. The summed E-state index contributed by atoms with van der Waals surface area (Å²) in [4.78, 5) is 22.0. The molecule has 1 heterocycles. The van der Waals surface area contributed by atoms with Crippen LogP contribution in [0.3, 0.4) is 0 Å². The number of aromatic nitrogens is 2. The fourth-order valence-electron chi connectivity index (χ4n) is 2.53. The minimum absolute atomic E-state index is 0.134. The molecule has 5 heteroatoms. The minimum atomic E-state index is -0.284. The highest BCUT2D eigenvalue weighted by Crippen LogP contribution is 2.25. The summed E-state index contributed by atoms with van der Waals surface area (Å²) in [5, 5.41) is 9.94.